The summed E-state index contributed by atoms with van der Waals surface area (Å²) in [6.07, 6.45) is 1.84. The Morgan fingerprint density at radius 2 is 1.94 bits per heavy atom. The van der Waals surface area contributed by atoms with Crippen molar-refractivity contribution in [1.82, 2.24) is 4.90 Å². The van der Waals surface area contributed by atoms with Crippen molar-refractivity contribution in [2.75, 3.05) is 20.3 Å². The molecule has 10 heteroatoms. The standard InChI is InChI=1S/C23H21Br2NO5S2/c1-3-30-20(27)8-9-26-22(28)19(33-23(26)32)12-15-10-17(25)21(18(11-15)29-2)31-13-14-4-6-16(24)7-5-14/h4-7,10-12H,3,8-9,13H2,1-2H3/b19-12+. The fourth-order valence-corrected chi connectivity index (χ4v) is 5.13. The Kier molecular flexibility index (Phi) is 9.37. The molecule has 2 aromatic carbocycles. The van der Waals surface area contributed by atoms with E-state index >= 15 is 0 Å². The lowest BCUT2D eigenvalue weighted by Crippen LogP contribution is -2.30. The first-order valence-corrected chi connectivity index (χ1v) is 12.8. The Hall–Kier alpha value is -1.88. The van der Waals surface area contributed by atoms with E-state index in [-0.39, 0.29) is 24.8 Å². The van der Waals surface area contributed by atoms with Crippen LogP contribution in [0.2, 0.25) is 0 Å². The van der Waals surface area contributed by atoms with Gasteiger partial charge in [0.2, 0.25) is 0 Å². The first kappa shape index (κ1) is 25.7. The quantitative estimate of drug-likeness (QED) is 0.196. The molecule has 1 aliphatic rings. The number of benzene rings is 2. The van der Waals surface area contributed by atoms with Crippen LogP contribution in [0.25, 0.3) is 6.08 Å². The molecule has 0 aromatic heterocycles. The van der Waals surface area contributed by atoms with Gasteiger partial charge in [0.1, 0.15) is 10.9 Å². The highest BCUT2D eigenvalue weighted by molar-refractivity contribution is 9.10. The zero-order chi connectivity index (χ0) is 24.0. The van der Waals surface area contributed by atoms with Gasteiger partial charge in [0.05, 0.1) is 29.5 Å². The number of esters is 1. The van der Waals surface area contributed by atoms with Gasteiger partial charge >= 0.3 is 5.97 Å². The highest BCUT2D eigenvalue weighted by Crippen LogP contribution is 2.39. The van der Waals surface area contributed by atoms with E-state index in [0.717, 1.165) is 15.6 Å². The van der Waals surface area contributed by atoms with Crippen LogP contribution >= 0.6 is 55.8 Å². The summed E-state index contributed by atoms with van der Waals surface area (Å²) >= 11 is 13.5. The number of thiocarbonyl (C=S) groups is 1. The van der Waals surface area contributed by atoms with E-state index in [2.05, 4.69) is 31.9 Å². The van der Waals surface area contributed by atoms with Crippen molar-refractivity contribution in [1.29, 1.82) is 0 Å². The predicted octanol–water partition coefficient (Wildman–Crippen LogP) is 5.95. The summed E-state index contributed by atoms with van der Waals surface area (Å²) in [4.78, 5) is 26.3. The molecule has 0 saturated carbocycles. The molecule has 3 rings (SSSR count). The van der Waals surface area contributed by atoms with Crippen LogP contribution in [0.3, 0.4) is 0 Å². The van der Waals surface area contributed by atoms with Crippen LogP contribution in [0.15, 0.2) is 50.2 Å². The Morgan fingerprint density at radius 3 is 2.61 bits per heavy atom. The molecule has 0 atom stereocenters. The lowest BCUT2D eigenvalue weighted by molar-refractivity contribution is -0.143. The SMILES string of the molecule is CCOC(=O)CCN1C(=O)/C(=C\c2cc(Br)c(OCc3ccc(Br)cc3)c(OC)c2)SC1=S. The van der Waals surface area contributed by atoms with Crippen molar-refractivity contribution < 1.29 is 23.8 Å². The maximum Gasteiger partial charge on any atom is 0.307 e. The summed E-state index contributed by atoms with van der Waals surface area (Å²) in [7, 11) is 1.56. The molecule has 1 saturated heterocycles. The Bertz CT molecular complexity index is 1090. The van der Waals surface area contributed by atoms with Crippen molar-refractivity contribution in [3.05, 3.63) is 61.4 Å². The second-order valence-corrected chi connectivity index (χ2v) is 10.3. The maximum absolute atomic E-state index is 12.8. The molecule has 0 spiro atoms. The molecule has 0 aliphatic carbocycles. The Balaban J connectivity index is 1.74. The highest BCUT2D eigenvalue weighted by atomic mass is 79.9. The third-order valence-corrected chi connectivity index (χ3v) is 7.06. The van der Waals surface area contributed by atoms with Crippen LogP contribution in [0.1, 0.15) is 24.5 Å². The molecule has 1 heterocycles. The average Bonchev–Trinajstić information content (AvgIpc) is 3.04. The molecule has 1 fully saturated rings. The number of halogens is 2. The molecule has 174 valence electrons. The maximum atomic E-state index is 12.8. The number of hydrogen-bond acceptors (Lipinski definition) is 7. The number of thioether (sulfide) groups is 1. The summed E-state index contributed by atoms with van der Waals surface area (Å²) in [6.45, 7) is 2.61. The second kappa shape index (κ2) is 12.0. The summed E-state index contributed by atoms with van der Waals surface area (Å²) in [6, 6.07) is 11.5. The normalized spacial score (nSPS) is 14.7. The first-order valence-electron chi connectivity index (χ1n) is 9.98. The van der Waals surface area contributed by atoms with Crippen LogP contribution < -0.4 is 9.47 Å². The van der Waals surface area contributed by atoms with Gasteiger partial charge in [0.15, 0.2) is 11.5 Å². The number of carbonyl (C=O) groups excluding carboxylic acids is 2. The minimum atomic E-state index is -0.358. The predicted molar refractivity (Wildman–Crippen MR) is 140 cm³/mol. The first-order chi connectivity index (χ1) is 15.8. The fraction of sp³-hybridized carbons (Fsp3) is 0.261. The van der Waals surface area contributed by atoms with E-state index in [9.17, 15) is 9.59 Å². The van der Waals surface area contributed by atoms with Crippen LogP contribution in [0.5, 0.6) is 11.5 Å². The number of amides is 1. The highest BCUT2D eigenvalue weighted by Gasteiger charge is 2.32. The van der Waals surface area contributed by atoms with Crippen molar-refractivity contribution in [3.63, 3.8) is 0 Å². The van der Waals surface area contributed by atoms with E-state index < -0.39 is 0 Å². The number of rotatable bonds is 9. The Morgan fingerprint density at radius 1 is 1.21 bits per heavy atom. The molecule has 33 heavy (non-hydrogen) atoms. The fourth-order valence-electron chi connectivity index (χ4n) is 2.98. The molecule has 0 bridgehead atoms. The number of methoxy groups -OCH3 is 1. The number of nitrogens with zero attached hydrogens (tertiary/aromatic N) is 1. The summed E-state index contributed by atoms with van der Waals surface area (Å²) < 4.78 is 18.5. The molecule has 0 N–H and O–H groups in total. The van der Waals surface area contributed by atoms with E-state index in [1.165, 1.54) is 16.7 Å². The van der Waals surface area contributed by atoms with Crippen LogP contribution in [-0.4, -0.2) is 41.4 Å². The molecule has 1 amide bonds. The van der Waals surface area contributed by atoms with Gasteiger partial charge in [-0.1, -0.05) is 52.0 Å². The van der Waals surface area contributed by atoms with E-state index in [0.29, 0.717) is 38.4 Å². The summed E-state index contributed by atoms with van der Waals surface area (Å²) in [5.74, 6) is 0.507. The average molecular weight is 615 g/mol. The number of ether oxygens (including phenoxy) is 3. The largest absolute Gasteiger partial charge is 0.493 e. The molecule has 0 radical (unpaired) electrons. The molecular formula is C23H21Br2NO5S2. The van der Waals surface area contributed by atoms with Crippen LogP contribution in [0.4, 0.5) is 0 Å². The van der Waals surface area contributed by atoms with E-state index in [4.69, 9.17) is 26.4 Å². The third kappa shape index (κ3) is 6.81. The van der Waals surface area contributed by atoms with Gasteiger partial charge in [-0.3, -0.25) is 14.5 Å². The van der Waals surface area contributed by atoms with Gasteiger partial charge in [-0.25, -0.2) is 0 Å². The molecule has 1 aliphatic heterocycles. The topological polar surface area (TPSA) is 65.1 Å². The van der Waals surface area contributed by atoms with Gasteiger partial charge in [-0.05, 0) is 64.3 Å². The minimum absolute atomic E-state index is 0.0946. The zero-order valence-electron chi connectivity index (χ0n) is 17.9. The molecular weight excluding hydrogens is 594 g/mol. The van der Waals surface area contributed by atoms with E-state index in [1.807, 2.05) is 30.3 Å². The molecule has 0 unspecified atom stereocenters. The number of carbonyl (C=O) groups is 2. The second-order valence-electron chi connectivity index (χ2n) is 6.84. The van der Waals surface area contributed by atoms with Crippen molar-refractivity contribution in [2.45, 2.75) is 20.0 Å². The smallest absolute Gasteiger partial charge is 0.307 e. The van der Waals surface area contributed by atoms with Gasteiger partial charge in [0, 0.05) is 11.0 Å². The lowest BCUT2D eigenvalue weighted by Gasteiger charge is -2.14. The third-order valence-electron chi connectivity index (χ3n) is 4.56. The monoisotopic (exact) mass is 613 g/mol. The van der Waals surface area contributed by atoms with Gasteiger partial charge in [0.25, 0.3) is 5.91 Å². The summed E-state index contributed by atoms with van der Waals surface area (Å²) in [5, 5.41) is 0. The van der Waals surface area contributed by atoms with Crippen molar-refractivity contribution >= 4 is 78.1 Å². The summed E-state index contributed by atoms with van der Waals surface area (Å²) in [5.41, 5.74) is 1.77. The minimum Gasteiger partial charge on any atom is -0.493 e. The van der Waals surface area contributed by atoms with Gasteiger partial charge in [-0.15, -0.1) is 0 Å². The van der Waals surface area contributed by atoms with Crippen molar-refractivity contribution in [3.8, 4) is 11.5 Å². The van der Waals surface area contributed by atoms with Crippen LogP contribution in [-0.2, 0) is 20.9 Å². The van der Waals surface area contributed by atoms with Gasteiger partial charge in [-0.2, -0.15) is 0 Å². The van der Waals surface area contributed by atoms with Crippen LogP contribution in [0, 0.1) is 0 Å². The van der Waals surface area contributed by atoms with E-state index in [1.54, 1.807) is 26.2 Å². The molecule has 2 aromatic rings. The zero-order valence-corrected chi connectivity index (χ0v) is 22.7. The Labute approximate surface area is 218 Å². The molecule has 6 nitrogen and oxygen atoms in total. The van der Waals surface area contributed by atoms with Crippen molar-refractivity contribution in [2.24, 2.45) is 0 Å². The lowest BCUT2D eigenvalue weighted by atomic mass is 10.1. The number of hydrogen-bond donors (Lipinski definition) is 0. The van der Waals surface area contributed by atoms with Gasteiger partial charge < -0.3 is 14.2 Å².